The van der Waals surface area contributed by atoms with Crippen molar-refractivity contribution in [2.24, 2.45) is 0 Å². The smallest absolute Gasteiger partial charge is 0.252 e. The van der Waals surface area contributed by atoms with Gasteiger partial charge in [0.25, 0.3) is 5.56 Å². The maximum atomic E-state index is 13.2. The van der Waals surface area contributed by atoms with Crippen molar-refractivity contribution in [1.29, 1.82) is 0 Å². The number of aromatic amines is 1. The highest BCUT2D eigenvalue weighted by molar-refractivity contribution is 5.80. The van der Waals surface area contributed by atoms with Gasteiger partial charge in [-0.25, -0.2) is 4.68 Å². The Kier molecular flexibility index (Phi) is 7.89. The van der Waals surface area contributed by atoms with Crippen molar-refractivity contribution in [1.82, 2.24) is 30.1 Å². The van der Waals surface area contributed by atoms with Crippen LogP contribution >= 0.6 is 0 Å². The molecule has 194 valence electrons. The Morgan fingerprint density at radius 3 is 2.37 bits per heavy atom. The maximum absolute atomic E-state index is 13.2. The van der Waals surface area contributed by atoms with Crippen molar-refractivity contribution in [3.05, 3.63) is 118 Å². The molecule has 2 heterocycles. The summed E-state index contributed by atoms with van der Waals surface area (Å²) >= 11 is 0. The topological polar surface area (TPSA) is 88.9 Å². The van der Waals surface area contributed by atoms with Crippen LogP contribution in [0.15, 0.2) is 89.7 Å². The molecule has 5 rings (SSSR count). The first-order valence-corrected chi connectivity index (χ1v) is 13.0. The summed E-state index contributed by atoms with van der Waals surface area (Å²) in [6.45, 7) is 6.34. The van der Waals surface area contributed by atoms with Gasteiger partial charge in [-0.3, -0.25) is 9.69 Å². The maximum Gasteiger partial charge on any atom is 0.252 e. The number of hydrogen-bond acceptors (Lipinski definition) is 6. The van der Waals surface area contributed by atoms with E-state index in [1.807, 2.05) is 72.3 Å². The Bertz CT molecular complexity index is 1530. The summed E-state index contributed by atoms with van der Waals surface area (Å²) in [6.07, 6.45) is 0.780. The van der Waals surface area contributed by atoms with Crippen LogP contribution in [-0.2, 0) is 19.6 Å². The van der Waals surface area contributed by atoms with Gasteiger partial charge in [-0.2, -0.15) is 0 Å². The summed E-state index contributed by atoms with van der Waals surface area (Å²) in [6, 6.07) is 28.1. The first-order chi connectivity index (χ1) is 18.6. The van der Waals surface area contributed by atoms with Crippen LogP contribution in [0.3, 0.4) is 0 Å². The number of fused-ring (bicyclic) bond motifs is 1. The summed E-state index contributed by atoms with van der Waals surface area (Å²) in [5.41, 5.74) is 3.65. The molecule has 0 aliphatic rings. The zero-order valence-corrected chi connectivity index (χ0v) is 21.7. The van der Waals surface area contributed by atoms with E-state index in [0.717, 1.165) is 40.0 Å². The van der Waals surface area contributed by atoms with Crippen molar-refractivity contribution in [3.63, 3.8) is 0 Å². The minimum absolute atomic E-state index is 0.0984. The van der Waals surface area contributed by atoms with Gasteiger partial charge >= 0.3 is 0 Å². The van der Waals surface area contributed by atoms with Crippen LogP contribution in [0, 0.1) is 0 Å². The normalized spacial score (nSPS) is 12.2. The molecule has 1 N–H and O–H groups in total. The fraction of sp³-hybridized carbons (Fsp3) is 0.267. The molecule has 0 aliphatic carbocycles. The third kappa shape index (κ3) is 5.81. The second kappa shape index (κ2) is 11.8. The van der Waals surface area contributed by atoms with Crippen molar-refractivity contribution in [2.75, 3.05) is 6.61 Å². The van der Waals surface area contributed by atoms with E-state index in [9.17, 15) is 4.79 Å². The van der Waals surface area contributed by atoms with Gasteiger partial charge in [0.1, 0.15) is 5.75 Å². The minimum Gasteiger partial charge on any atom is -0.494 e. The van der Waals surface area contributed by atoms with E-state index in [4.69, 9.17) is 4.74 Å². The molecule has 1 unspecified atom stereocenters. The number of H-pyrrole nitrogens is 1. The second-order valence-electron chi connectivity index (χ2n) is 9.30. The minimum atomic E-state index is -0.0987. The Labute approximate surface area is 221 Å². The number of tetrazole rings is 1. The Morgan fingerprint density at radius 1 is 0.921 bits per heavy atom. The molecule has 5 aromatic rings. The molecule has 8 nitrogen and oxygen atoms in total. The summed E-state index contributed by atoms with van der Waals surface area (Å²) < 4.78 is 7.54. The third-order valence-electron chi connectivity index (χ3n) is 6.67. The predicted octanol–water partition coefficient (Wildman–Crippen LogP) is 5.12. The van der Waals surface area contributed by atoms with Gasteiger partial charge in [0.15, 0.2) is 5.82 Å². The lowest BCUT2D eigenvalue weighted by Crippen LogP contribution is -2.32. The molecule has 0 fully saturated rings. The lowest BCUT2D eigenvalue weighted by molar-refractivity contribution is 0.161. The number of benzene rings is 3. The van der Waals surface area contributed by atoms with Crippen molar-refractivity contribution in [2.45, 2.75) is 45.9 Å². The van der Waals surface area contributed by atoms with E-state index in [-0.39, 0.29) is 11.6 Å². The molecule has 0 aliphatic heterocycles. The summed E-state index contributed by atoms with van der Waals surface area (Å²) in [4.78, 5) is 18.5. The van der Waals surface area contributed by atoms with E-state index in [1.54, 1.807) is 0 Å². The lowest BCUT2D eigenvalue weighted by Gasteiger charge is -2.30. The van der Waals surface area contributed by atoms with Crippen molar-refractivity contribution < 1.29 is 4.74 Å². The molecular weight excluding hydrogens is 476 g/mol. The number of rotatable bonds is 11. The van der Waals surface area contributed by atoms with Gasteiger partial charge < -0.3 is 9.72 Å². The standard InChI is InChI=1S/C30H32N6O2/c1-3-28(29-32-33-34-36(29)20-23-13-9-6-10-14-23)35(19-22-11-7-5-8-12-22)21-25-17-24-18-26(38-4-2)15-16-27(24)31-30(25)37/h5-18,28H,3-4,19-21H2,1-2H3,(H,31,37). The van der Waals surface area contributed by atoms with Crippen LogP contribution in [0.4, 0.5) is 0 Å². The van der Waals surface area contributed by atoms with Gasteiger partial charge in [-0.05, 0) is 59.2 Å². The van der Waals surface area contributed by atoms with Crippen LogP contribution < -0.4 is 10.3 Å². The molecular formula is C30H32N6O2. The molecule has 0 spiro atoms. The number of ether oxygens (including phenoxy) is 1. The van der Waals surface area contributed by atoms with Crippen LogP contribution in [0.25, 0.3) is 10.9 Å². The molecule has 38 heavy (non-hydrogen) atoms. The van der Waals surface area contributed by atoms with E-state index in [1.165, 1.54) is 0 Å². The average Bonchev–Trinajstić information content (AvgIpc) is 3.38. The molecule has 0 amide bonds. The molecule has 0 radical (unpaired) electrons. The molecule has 3 aromatic carbocycles. The SMILES string of the molecule is CCOc1ccc2[nH]c(=O)c(CN(Cc3ccccc3)C(CC)c3nnnn3Cc3ccccc3)cc2c1. The highest BCUT2D eigenvalue weighted by atomic mass is 16.5. The third-order valence-corrected chi connectivity index (χ3v) is 6.67. The van der Waals surface area contributed by atoms with Crippen LogP contribution in [-0.4, -0.2) is 36.7 Å². The van der Waals surface area contributed by atoms with E-state index >= 15 is 0 Å². The quantitative estimate of drug-likeness (QED) is 0.267. The number of pyridine rings is 1. The Morgan fingerprint density at radius 2 is 1.66 bits per heavy atom. The highest BCUT2D eigenvalue weighted by Gasteiger charge is 2.26. The number of hydrogen-bond donors (Lipinski definition) is 1. The number of nitrogens with one attached hydrogen (secondary N) is 1. The van der Waals surface area contributed by atoms with Crippen molar-refractivity contribution in [3.8, 4) is 5.75 Å². The Hall–Kier alpha value is -4.30. The van der Waals surface area contributed by atoms with E-state index < -0.39 is 0 Å². The number of nitrogens with zero attached hydrogens (tertiary/aromatic N) is 5. The van der Waals surface area contributed by atoms with E-state index in [2.05, 4.69) is 56.6 Å². The molecule has 0 saturated carbocycles. The van der Waals surface area contributed by atoms with Crippen LogP contribution in [0.2, 0.25) is 0 Å². The van der Waals surface area contributed by atoms with Gasteiger partial charge in [0.2, 0.25) is 0 Å². The summed E-state index contributed by atoms with van der Waals surface area (Å²) in [7, 11) is 0. The fourth-order valence-electron chi connectivity index (χ4n) is 4.84. The van der Waals surface area contributed by atoms with Crippen molar-refractivity contribution >= 4 is 10.9 Å². The summed E-state index contributed by atoms with van der Waals surface area (Å²) in [5.74, 6) is 1.56. The first-order valence-electron chi connectivity index (χ1n) is 13.0. The lowest BCUT2D eigenvalue weighted by atomic mass is 10.1. The molecule has 2 aromatic heterocycles. The van der Waals surface area contributed by atoms with Gasteiger partial charge in [0.05, 0.1) is 19.2 Å². The Balaban J connectivity index is 1.51. The first kappa shape index (κ1) is 25.4. The molecule has 8 heteroatoms. The zero-order chi connectivity index (χ0) is 26.3. The van der Waals surface area contributed by atoms with Gasteiger partial charge in [-0.1, -0.05) is 67.6 Å². The van der Waals surface area contributed by atoms with Gasteiger partial charge in [0, 0.05) is 29.6 Å². The molecule has 0 bridgehead atoms. The van der Waals surface area contributed by atoms with Crippen LogP contribution in [0.1, 0.15) is 48.8 Å². The van der Waals surface area contributed by atoms with E-state index in [0.29, 0.717) is 31.8 Å². The fourth-order valence-corrected chi connectivity index (χ4v) is 4.84. The van der Waals surface area contributed by atoms with Gasteiger partial charge in [-0.15, -0.1) is 5.10 Å². The largest absolute Gasteiger partial charge is 0.494 e. The molecule has 1 atom stereocenters. The highest BCUT2D eigenvalue weighted by Crippen LogP contribution is 2.27. The zero-order valence-electron chi connectivity index (χ0n) is 21.7. The summed E-state index contributed by atoms with van der Waals surface area (Å²) in [5, 5.41) is 13.7. The molecule has 0 saturated heterocycles. The predicted molar refractivity (Wildman–Crippen MR) is 148 cm³/mol. The second-order valence-corrected chi connectivity index (χ2v) is 9.30. The average molecular weight is 509 g/mol. The number of aromatic nitrogens is 5. The monoisotopic (exact) mass is 508 g/mol. The van der Waals surface area contributed by atoms with Crippen LogP contribution in [0.5, 0.6) is 5.75 Å².